The molecule has 0 radical (unpaired) electrons. The maximum absolute atomic E-state index is 14.9. The highest BCUT2D eigenvalue weighted by Gasteiger charge is 2.25. The molecule has 0 saturated heterocycles. The number of nitrogens with zero attached hydrogens (tertiary/aromatic N) is 4. The smallest absolute Gasteiger partial charge is 0.230 e. The van der Waals surface area contributed by atoms with Gasteiger partial charge in [0.2, 0.25) is 11.7 Å². The summed E-state index contributed by atoms with van der Waals surface area (Å²) in [6, 6.07) is 8.51. The van der Waals surface area contributed by atoms with E-state index in [1.165, 1.54) is 6.07 Å². The first-order valence-corrected chi connectivity index (χ1v) is 11.7. The minimum absolute atomic E-state index is 0.0291. The first-order chi connectivity index (χ1) is 17.4. The molecule has 0 saturated carbocycles. The summed E-state index contributed by atoms with van der Waals surface area (Å²) in [5, 5.41) is 10.0. The van der Waals surface area contributed by atoms with Crippen molar-refractivity contribution in [1.29, 1.82) is 0 Å². The molecule has 0 atom stereocenters. The van der Waals surface area contributed by atoms with E-state index in [-0.39, 0.29) is 29.0 Å². The molecule has 1 aliphatic heterocycles. The Balaban J connectivity index is 1.43. The number of anilines is 4. The highest BCUT2D eigenvalue weighted by molar-refractivity contribution is 5.79. The number of furan rings is 1. The Bertz CT molecular complexity index is 1390. The fraction of sp³-hybridized carbons (Fsp3) is 0.320. The van der Waals surface area contributed by atoms with E-state index in [0.717, 1.165) is 18.1 Å². The average Bonchev–Trinajstić information content (AvgIpc) is 3.27. The molecule has 0 bridgehead atoms. The molecule has 11 heteroatoms. The van der Waals surface area contributed by atoms with Crippen molar-refractivity contribution in [2.24, 2.45) is 0 Å². The van der Waals surface area contributed by atoms with Crippen LogP contribution in [-0.4, -0.2) is 54.3 Å². The van der Waals surface area contributed by atoms with E-state index in [1.54, 1.807) is 12.1 Å². The van der Waals surface area contributed by atoms with Crippen LogP contribution in [0.25, 0.3) is 22.4 Å². The van der Waals surface area contributed by atoms with Crippen molar-refractivity contribution >= 4 is 34.4 Å². The summed E-state index contributed by atoms with van der Waals surface area (Å²) in [7, 11) is 1.87. The number of pyridine rings is 1. The number of rotatable bonds is 8. The third kappa shape index (κ3) is 4.74. The highest BCUT2D eigenvalue weighted by atomic mass is 19.1. The lowest BCUT2D eigenvalue weighted by molar-refractivity contribution is 0.287. The van der Waals surface area contributed by atoms with E-state index in [0.29, 0.717) is 42.8 Å². The van der Waals surface area contributed by atoms with Crippen molar-refractivity contribution in [2.75, 3.05) is 48.8 Å². The van der Waals surface area contributed by atoms with Gasteiger partial charge in [-0.1, -0.05) is 0 Å². The van der Waals surface area contributed by atoms with Gasteiger partial charge in [0.25, 0.3) is 0 Å². The van der Waals surface area contributed by atoms with Crippen LogP contribution in [0.1, 0.15) is 13.8 Å². The van der Waals surface area contributed by atoms with Crippen molar-refractivity contribution in [3.63, 3.8) is 0 Å². The molecule has 0 spiro atoms. The van der Waals surface area contributed by atoms with Gasteiger partial charge in [0.15, 0.2) is 23.3 Å². The van der Waals surface area contributed by atoms with Crippen LogP contribution in [-0.2, 0) is 0 Å². The summed E-state index contributed by atoms with van der Waals surface area (Å²) in [6.07, 6.45) is 1.05. The molecular formula is C25H27F2N7O2. The number of fused-ring (bicyclic) bond motifs is 2. The second-order valence-electron chi connectivity index (χ2n) is 8.69. The molecule has 0 unspecified atom stereocenters. The Morgan fingerprint density at radius 2 is 1.94 bits per heavy atom. The summed E-state index contributed by atoms with van der Waals surface area (Å²) in [4.78, 5) is 14.8. The van der Waals surface area contributed by atoms with E-state index in [1.807, 2.05) is 37.9 Å². The van der Waals surface area contributed by atoms with Gasteiger partial charge >= 0.3 is 0 Å². The molecule has 0 aliphatic carbocycles. The topological polar surface area (TPSA) is 100 Å². The van der Waals surface area contributed by atoms with E-state index in [2.05, 4.69) is 30.9 Å². The number of halogens is 2. The predicted octanol–water partition coefficient (Wildman–Crippen LogP) is 4.55. The number of benzene rings is 1. The maximum Gasteiger partial charge on any atom is 0.230 e. The van der Waals surface area contributed by atoms with Gasteiger partial charge in [-0.2, -0.15) is 4.98 Å². The summed E-state index contributed by atoms with van der Waals surface area (Å²) >= 11 is 0. The Morgan fingerprint density at radius 1 is 1.08 bits per heavy atom. The number of hydrogen-bond donors (Lipinski definition) is 3. The van der Waals surface area contributed by atoms with Gasteiger partial charge in [-0.05, 0) is 45.2 Å². The third-order valence-electron chi connectivity index (χ3n) is 5.85. The molecule has 188 valence electrons. The molecule has 4 aromatic rings. The largest absolute Gasteiger partial charge is 0.486 e. The maximum atomic E-state index is 14.9. The van der Waals surface area contributed by atoms with Crippen molar-refractivity contribution in [3.05, 3.63) is 48.2 Å². The number of likely N-dealkylation sites (N-methyl/N-ethyl adjacent to an activating group) is 1. The predicted molar refractivity (Wildman–Crippen MR) is 135 cm³/mol. The van der Waals surface area contributed by atoms with Crippen molar-refractivity contribution in [3.8, 4) is 17.0 Å². The van der Waals surface area contributed by atoms with Crippen LogP contribution >= 0.6 is 0 Å². The van der Waals surface area contributed by atoms with Crippen LogP contribution in [0.5, 0.6) is 5.75 Å². The molecule has 4 heterocycles. The van der Waals surface area contributed by atoms with Crippen LogP contribution in [0.3, 0.4) is 0 Å². The SMILES string of the molecule is CNCCNc1cc2ccc(Nc3ncc(F)c(-c4cc(F)c5c(c4)N(C(C)C)CCO5)n3)nc2o1. The highest BCUT2D eigenvalue weighted by Crippen LogP contribution is 2.39. The van der Waals surface area contributed by atoms with Gasteiger partial charge in [-0.15, -0.1) is 0 Å². The lowest BCUT2D eigenvalue weighted by Crippen LogP contribution is -2.38. The fourth-order valence-electron chi connectivity index (χ4n) is 4.10. The molecule has 1 aromatic carbocycles. The zero-order valence-electron chi connectivity index (χ0n) is 20.2. The minimum Gasteiger partial charge on any atom is -0.486 e. The van der Waals surface area contributed by atoms with Crippen LogP contribution < -0.4 is 25.6 Å². The van der Waals surface area contributed by atoms with Crippen LogP contribution in [0.15, 0.2) is 40.9 Å². The number of aromatic nitrogens is 3. The minimum atomic E-state index is -0.667. The molecule has 0 amide bonds. The Hall–Kier alpha value is -3.99. The normalized spacial score (nSPS) is 13.1. The molecule has 9 nitrogen and oxygen atoms in total. The van der Waals surface area contributed by atoms with Crippen LogP contribution in [0.2, 0.25) is 0 Å². The third-order valence-corrected chi connectivity index (χ3v) is 5.85. The Kier molecular flexibility index (Phi) is 6.55. The van der Waals surface area contributed by atoms with Crippen molar-refractivity contribution in [2.45, 2.75) is 19.9 Å². The van der Waals surface area contributed by atoms with Crippen molar-refractivity contribution in [1.82, 2.24) is 20.3 Å². The van der Waals surface area contributed by atoms with E-state index in [9.17, 15) is 8.78 Å². The van der Waals surface area contributed by atoms with Crippen molar-refractivity contribution < 1.29 is 17.9 Å². The van der Waals surface area contributed by atoms with Crippen LogP contribution in [0.4, 0.5) is 32.1 Å². The average molecular weight is 496 g/mol. The summed E-state index contributed by atoms with van der Waals surface area (Å²) < 4.78 is 41.0. The zero-order chi connectivity index (χ0) is 25.2. The van der Waals surface area contributed by atoms with Gasteiger partial charge in [-0.25, -0.2) is 18.7 Å². The summed E-state index contributed by atoms with van der Waals surface area (Å²) in [5.41, 5.74) is 1.26. The van der Waals surface area contributed by atoms with Gasteiger partial charge in [-0.3, -0.25) is 0 Å². The zero-order valence-corrected chi connectivity index (χ0v) is 20.2. The molecule has 0 fully saturated rings. The van der Waals surface area contributed by atoms with Gasteiger partial charge in [0, 0.05) is 36.1 Å². The summed E-state index contributed by atoms with van der Waals surface area (Å²) in [5.74, 6) is 0.0877. The van der Waals surface area contributed by atoms with E-state index in [4.69, 9.17) is 9.15 Å². The summed E-state index contributed by atoms with van der Waals surface area (Å²) in [6.45, 7) is 6.52. The molecule has 5 rings (SSSR count). The van der Waals surface area contributed by atoms with E-state index >= 15 is 0 Å². The lowest BCUT2D eigenvalue weighted by atomic mass is 10.1. The number of ether oxygens (including phenoxy) is 1. The monoisotopic (exact) mass is 495 g/mol. The fourth-order valence-corrected chi connectivity index (χ4v) is 4.10. The van der Waals surface area contributed by atoms with Crippen LogP contribution in [0, 0.1) is 11.6 Å². The second-order valence-corrected chi connectivity index (χ2v) is 8.69. The van der Waals surface area contributed by atoms with Gasteiger partial charge in [0.05, 0.1) is 18.4 Å². The second kappa shape index (κ2) is 9.94. The first kappa shape index (κ1) is 23.7. The van der Waals surface area contributed by atoms with E-state index < -0.39 is 11.6 Å². The van der Waals surface area contributed by atoms with Gasteiger partial charge in [0.1, 0.15) is 18.1 Å². The number of hydrogen-bond acceptors (Lipinski definition) is 9. The molecule has 3 N–H and O–H groups in total. The lowest BCUT2D eigenvalue weighted by Gasteiger charge is -2.34. The molecule has 1 aliphatic rings. The first-order valence-electron chi connectivity index (χ1n) is 11.7. The Morgan fingerprint density at radius 3 is 2.75 bits per heavy atom. The molecule has 3 aromatic heterocycles. The quantitative estimate of drug-likeness (QED) is 0.304. The Labute approximate surface area is 206 Å². The molecular weight excluding hydrogens is 468 g/mol. The van der Waals surface area contributed by atoms with Gasteiger partial charge < -0.3 is 30.0 Å². The standard InChI is InChI=1S/C25H27F2N7O2/c1-14(2)34-8-9-35-23-17(26)10-16(11-19(23)34)22-18(27)13-30-25(33-22)32-20-5-4-15-12-21(29-7-6-28-3)36-24(15)31-20/h4-5,10-14,28-29H,6-9H2,1-3H3,(H,30,31,32,33). The number of nitrogens with one attached hydrogen (secondary N) is 3. The molecule has 36 heavy (non-hydrogen) atoms.